The minimum Gasteiger partial charge on any atom is -0.274 e. The van der Waals surface area contributed by atoms with Crippen LogP contribution in [0.2, 0.25) is 0 Å². The lowest BCUT2D eigenvalue weighted by molar-refractivity contribution is 0.517. The van der Waals surface area contributed by atoms with Crippen LogP contribution in [0.5, 0.6) is 0 Å². The molecule has 0 aromatic heterocycles. The van der Waals surface area contributed by atoms with E-state index in [0.717, 1.165) is 6.42 Å². The highest BCUT2D eigenvalue weighted by atomic mass is 31.1. The molecule has 0 aliphatic rings. The van der Waals surface area contributed by atoms with Gasteiger partial charge in [-0.2, -0.15) is 0 Å². The van der Waals surface area contributed by atoms with Crippen molar-refractivity contribution in [1.29, 1.82) is 0 Å². The van der Waals surface area contributed by atoms with Crippen molar-refractivity contribution in [2.75, 3.05) is 0 Å². The van der Waals surface area contributed by atoms with Crippen molar-refractivity contribution in [3.8, 4) is 0 Å². The van der Waals surface area contributed by atoms with Crippen LogP contribution in [0.25, 0.3) is 0 Å². The molecule has 0 bridgehead atoms. The highest BCUT2D eigenvalue weighted by Gasteiger charge is 2.16. The first-order valence-corrected chi connectivity index (χ1v) is 10.4. The van der Waals surface area contributed by atoms with Crippen molar-refractivity contribution in [1.82, 2.24) is 0 Å². The molecule has 0 unspecified atom stereocenters. The molecule has 0 radical (unpaired) electrons. The van der Waals surface area contributed by atoms with Crippen molar-refractivity contribution in [2.45, 2.75) is 116 Å². The van der Waals surface area contributed by atoms with Gasteiger partial charge in [0, 0.05) is 5.16 Å². The van der Waals surface area contributed by atoms with E-state index in [4.69, 9.17) is 0 Å². The minimum atomic E-state index is -0.0146. The van der Waals surface area contributed by atoms with Crippen molar-refractivity contribution in [3.05, 3.63) is 12.2 Å². The van der Waals surface area contributed by atoms with E-state index in [1.165, 1.54) is 83.5 Å². The van der Waals surface area contributed by atoms with Crippen molar-refractivity contribution in [3.63, 3.8) is 0 Å². The van der Waals surface area contributed by atoms with Crippen LogP contribution in [-0.2, 0) is 4.57 Å². The molecule has 0 amide bonds. The van der Waals surface area contributed by atoms with Crippen LogP contribution in [0, 0.1) is 0 Å². The molecule has 0 aromatic rings. The highest BCUT2D eigenvalue weighted by molar-refractivity contribution is 7.25. The smallest absolute Gasteiger partial charge is 0.161 e. The lowest BCUT2D eigenvalue weighted by atomic mass is 10.0. The van der Waals surface area contributed by atoms with Crippen LogP contribution >= 0.6 is 8.46 Å². The summed E-state index contributed by atoms with van der Waals surface area (Å²) in [5.41, 5.74) is 0. The molecule has 0 fully saturated rings. The molecule has 1 nitrogen and oxygen atoms in total. The first-order chi connectivity index (χ1) is 10.6. The maximum atomic E-state index is 10.9. The molecule has 0 rings (SSSR count). The van der Waals surface area contributed by atoms with E-state index < -0.39 is 0 Å². The van der Waals surface area contributed by atoms with Gasteiger partial charge in [0.1, 0.15) is 0 Å². The summed E-state index contributed by atoms with van der Waals surface area (Å²) in [6, 6.07) is 0. The molecule has 130 valence electrons. The van der Waals surface area contributed by atoms with Gasteiger partial charge in [-0.05, 0) is 46.0 Å². The first kappa shape index (κ1) is 21.8. The van der Waals surface area contributed by atoms with Crippen LogP contribution in [0.4, 0.5) is 0 Å². The summed E-state index contributed by atoms with van der Waals surface area (Å²) in [4.78, 5) is 0. The third-order valence-electron chi connectivity index (χ3n) is 4.30. The second kappa shape index (κ2) is 15.7. The zero-order valence-electron chi connectivity index (χ0n) is 15.4. The van der Waals surface area contributed by atoms with E-state index in [2.05, 4.69) is 32.9 Å². The third-order valence-corrected chi connectivity index (χ3v) is 5.02. The summed E-state index contributed by atoms with van der Waals surface area (Å²) in [5.74, 6) is 0. The van der Waals surface area contributed by atoms with Gasteiger partial charge < -0.3 is 0 Å². The van der Waals surface area contributed by atoms with E-state index in [9.17, 15) is 4.57 Å². The van der Waals surface area contributed by atoms with E-state index in [1.54, 1.807) is 0 Å². The second-order valence-corrected chi connectivity index (χ2v) is 8.63. The Balaban J connectivity index is 3.19. The quantitative estimate of drug-likeness (QED) is 0.159. The summed E-state index contributed by atoms with van der Waals surface area (Å²) in [5, 5.41) is -0.0146. The fourth-order valence-electron chi connectivity index (χ4n) is 2.67. The standard InChI is InChI=1S/C20H39OP/c1-4-5-6-7-8-9-10-11-12-13-14-15-16-17-18-19-20(2,3)22-21/h11-12H,4-10,13-19H2,1-3H3/b12-11-. The molecule has 2 heteroatoms. The Morgan fingerprint density at radius 1 is 0.727 bits per heavy atom. The SMILES string of the molecule is CCCCCCCC/C=C\CCCCCCCC(C)(C)P=O. The number of hydrogen-bond acceptors (Lipinski definition) is 1. The number of hydrogen-bond donors (Lipinski definition) is 0. The Hall–Kier alpha value is -0.160. The maximum absolute atomic E-state index is 10.9. The number of rotatable bonds is 16. The zero-order chi connectivity index (χ0) is 16.5. The van der Waals surface area contributed by atoms with E-state index >= 15 is 0 Å². The van der Waals surface area contributed by atoms with Gasteiger partial charge in [-0.3, -0.25) is 4.57 Å². The van der Waals surface area contributed by atoms with Crippen LogP contribution in [0.15, 0.2) is 12.2 Å². The maximum Gasteiger partial charge on any atom is 0.161 e. The lowest BCUT2D eigenvalue weighted by Crippen LogP contribution is -2.09. The molecular formula is C20H39OP. The Labute approximate surface area is 141 Å². The van der Waals surface area contributed by atoms with E-state index in [0.29, 0.717) is 8.46 Å². The van der Waals surface area contributed by atoms with E-state index in [1.807, 2.05) is 0 Å². The number of unbranched alkanes of at least 4 members (excludes halogenated alkanes) is 11. The Morgan fingerprint density at radius 2 is 1.18 bits per heavy atom. The molecule has 0 aromatic carbocycles. The fraction of sp³-hybridized carbons (Fsp3) is 0.900. The Bertz CT molecular complexity index is 271. The molecule has 22 heavy (non-hydrogen) atoms. The predicted molar refractivity (Wildman–Crippen MR) is 101 cm³/mol. The summed E-state index contributed by atoms with van der Waals surface area (Å²) >= 11 is 0. The van der Waals surface area contributed by atoms with E-state index in [-0.39, 0.29) is 5.16 Å². The summed E-state index contributed by atoms with van der Waals surface area (Å²) < 4.78 is 10.9. The van der Waals surface area contributed by atoms with Crippen molar-refractivity contribution < 1.29 is 4.57 Å². The van der Waals surface area contributed by atoms with Gasteiger partial charge in [-0.15, -0.1) is 0 Å². The lowest BCUT2D eigenvalue weighted by Gasteiger charge is -2.14. The monoisotopic (exact) mass is 326 g/mol. The van der Waals surface area contributed by atoms with Crippen molar-refractivity contribution >= 4 is 8.46 Å². The van der Waals surface area contributed by atoms with Gasteiger partial charge in [0.05, 0.1) is 0 Å². The van der Waals surface area contributed by atoms with Crippen LogP contribution < -0.4 is 0 Å². The topological polar surface area (TPSA) is 17.1 Å². The van der Waals surface area contributed by atoms with Crippen LogP contribution in [-0.4, -0.2) is 5.16 Å². The second-order valence-electron chi connectivity index (χ2n) is 7.24. The Morgan fingerprint density at radius 3 is 1.68 bits per heavy atom. The first-order valence-electron chi connectivity index (χ1n) is 9.62. The summed E-state index contributed by atoms with van der Waals surface area (Å²) in [6.45, 7) is 6.43. The zero-order valence-corrected chi connectivity index (χ0v) is 16.3. The van der Waals surface area contributed by atoms with Gasteiger partial charge in [-0.1, -0.05) is 76.9 Å². The van der Waals surface area contributed by atoms with Crippen LogP contribution in [0.1, 0.15) is 111 Å². The highest BCUT2D eigenvalue weighted by Crippen LogP contribution is 2.28. The average molecular weight is 327 g/mol. The normalized spacial score (nSPS) is 12.5. The predicted octanol–water partition coefficient (Wildman–Crippen LogP) is 8.09. The molecule has 0 atom stereocenters. The fourth-order valence-corrected chi connectivity index (χ4v) is 2.92. The summed E-state index contributed by atoms with van der Waals surface area (Å²) in [6.07, 6.45) is 23.3. The Kier molecular flexibility index (Phi) is 15.6. The van der Waals surface area contributed by atoms with Gasteiger partial charge >= 0.3 is 0 Å². The molecule has 0 saturated carbocycles. The largest absolute Gasteiger partial charge is 0.274 e. The van der Waals surface area contributed by atoms with Crippen molar-refractivity contribution in [2.24, 2.45) is 0 Å². The molecule has 0 N–H and O–H groups in total. The van der Waals surface area contributed by atoms with Gasteiger partial charge in [-0.25, -0.2) is 0 Å². The molecule has 0 aliphatic carbocycles. The third kappa shape index (κ3) is 16.2. The van der Waals surface area contributed by atoms with Gasteiger partial charge in [0.15, 0.2) is 8.46 Å². The average Bonchev–Trinajstić information content (AvgIpc) is 2.51. The molecule has 0 heterocycles. The molecule has 0 aliphatic heterocycles. The minimum absolute atomic E-state index is 0.0146. The number of allylic oxidation sites excluding steroid dienone is 2. The molecule has 0 spiro atoms. The molecular weight excluding hydrogens is 287 g/mol. The van der Waals surface area contributed by atoms with Gasteiger partial charge in [0.25, 0.3) is 0 Å². The van der Waals surface area contributed by atoms with Gasteiger partial charge in [0.2, 0.25) is 0 Å². The molecule has 0 saturated heterocycles. The van der Waals surface area contributed by atoms with Crippen LogP contribution in [0.3, 0.4) is 0 Å². The summed E-state index contributed by atoms with van der Waals surface area (Å²) in [7, 11) is 0.295.